The molecule has 0 unspecified atom stereocenters. The predicted octanol–water partition coefficient (Wildman–Crippen LogP) is 2.58. The lowest BCUT2D eigenvalue weighted by Gasteiger charge is -2.16. The fourth-order valence-electron chi connectivity index (χ4n) is 1.74. The standard InChI is InChI=1S/C14H16N2O2/c1-11-10-18-14(15-11)16(12(2)17)9-8-13-6-4-3-5-7-13/h3-7,10H,8-9H2,1-2H3. The van der Waals surface area contributed by atoms with Crippen molar-refractivity contribution in [3.63, 3.8) is 0 Å². The molecule has 0 aliphatic carbocycles. The van der Waals surface area contributed by atoms with E-state index in [-0.39, 0.29) is 5.91 Å². The molecule has 0 atom stereocenters. The summed E-state index contributed by atoms with van der Waals surface area (Å²) in [6.07, 6.45) is 2.33. The van der Waals surface area contributed by atoms with E-state index in [0.29, 0.717) is 12.6 Å². The number of amides is 1. The van der Waals surface area contributed by atoms with Gasteiger partial charge in [-0.1, -0.05) is 30.3 Å². The van der Waals surface area contributed by atoms with Crippen LogP contribution in [0.3, 0.4) is 0 Å². The molecule has 0 spiro atoms. The van der Waals surface area contributed by atoms with Gasteiger partial charge in [-0.15, -0.1) is 0 Å². The molecule has 0 aliphatic heterocycles. The van der Waals surface area contributed by atoms with Crippen LogP contribution in [-0.4, -0.2) is 17.4 Å². The highest BCUT2D eigenvalue weighted by Gasteiger charge is 2.16. The van der Waals surface area contributed by atoms with Gasteiger partial charge >= 0.3 is 6.01 Å². The average Bonchev–Trinajstić information content (AvgIpc) is 2.77. The van der Waals surface area contributed by atoms with Gasteiger partial charge in [-0.3, -0.25) is 9.69 Å². The Kier molecular flexibility index (Phi) is 3.77. The van der Waals surface area contributed by atoms with Gasteiger partial charge in [0.15, 0.2) is 0 Å². The minimum Gasteiger partial charge on any atom is -0.431 e. The van der Waals surface area contributed by atoms with E-state index in [1.165, 1.54) is 12.5 Å². The normalized spacial score (nSPS) is 10.3. The molecule has 94 valence electrons. The molecule has 1 aromatic heterocycles. The zero-order valence-corrected chi connectivity index (χ0v) is 10.6. The summed E-state index contributed by atoms with van der Waals surface area (Å²) in [5.74, 6) is -0.0622. The Hall–Kier alpha value is -2.10. The minimum atomic E-state index is -0.0622. The van der Waals surface area contributed by atoms with E-state index in [4.69, 9.17) is 4.42 Å². The van der Waals surface area contributed by atoms with Gasteiger partial charge in [0, 0.05) is 13.5 Å². The van der Waals surface area contributed by atoms with E-state index < -0.39 is 0 Å². The second-order valence-corrected chi connectivity index (χ2v) is 4.18. The Bertz CT molecular complexity index is 520. The molecule has 4 nitrogen and oxygen atoms in total. The first-order valence-corrected chi connectivity index (χ1v) is 5.91. The monoisotopic (exact) mass is 244 g/mol. The highest BCUT2D eigenvalue weighted by molar-refractivity contribution is 5.89. The minimum absolute atomic E-state index is 0.0622. The molecule has 0 aliphatic rings. The topological polar surface area (TPSA) is 46.3 Å². The summed E-state index contributed by atoms with van der Waals surface area (Å²) >= 11 is 0. The van der Waals surface area contributed by atoms with Gasteiger partial charge in [0.1, 0.15) is 6.26 Å². The maximum atomic E-state index is 11.6. The van der Waals surface area contributed by atoms with Crippen molar-refractivity contribution in [3.05, 3.63) is 47.9 Å². The Labute approximate surface area is 106 Å². The molecule has 2 rings (SSSR count). The number of carbonyl (C=O) groups is 1. The number of nitrogens with zero attached hydrogens (tertiary/aromatic N) is 2. The molecule has 0 radical (unpaired) electrons. The summed E-state index contributed by atoms with van der Waals surface area (Å²) in [6, 6.07) is 10.4. The molecule has 4 heteroatoms. The highest BCUT2D eigenvalue weighted by Crippen LogP contribution is 2.14. The van der Waals surface area contributed by atoms with E-state index in [9.17, 15) is 4.79 Å². The largest absolute Gasteiger partial charge is 0.431 e. The molecule has 1 aromatic carbocycles. The van der Waals surface area contributed by atoms with Gasteiger partial charge in [-0.25, -0.2) is 0 Å². The first-order valence-electron chi connectivity index (χ1n) is 5.91. The second-order valence-electron chi connectivity index (χ2n) is 4.18. The zero-order valence-electron chi connectivity index (χ0n) is 10.6. The summed E-state index contributed by atoms with van der Waals surface area (Å²) in [4.78, 5) is 17.3. The Balaban J connectivity index is 2.06. The van der Waals surface area contributed by atoms with Crippen LogP contribution in [-0.2, 0) is 11.2 Å². The first kappa shape index (κ1) is 12.4. The lowest BCUT2D eigenvalue weighted by molar-refractivity contribution is -0.116. The van der Waals surface area contributed by atoms with E-state index in [0.717, 1.165) is 12.1 Å². The van der Waals surface area contributed by atoms with Crippen LogP contribution in [0.15, 0.2) is 41.0 Å². The van der Waals surface area contributed by atoms with Crippen LogP contribution < -0.4 is 4.90 Å². The van der Waals surface area contributed by atoms with Gasteiger partial charge in [-0.05, 0) is 18.9 Å². The highest BCUT2D eigenvalue weighted by atomic mass is 16.4. The van der Waals surface area contributed by atoms with E-state index in [1.54, 1.807) is 11.2 Å². The fourth-order valence-corrected chi connectivity index (χ4v) is 1.74. The Morgan fingerprint density at radius 1 is 1.33 bits per heavy atom. The van der Waals surface area contributed by atoms with Gasteiger partial charge in [0.05, 0.1) is 5.69 Å². The van der Waals surface area contributed by atoms with Crippen LogP contribution >= 0.6 is 0 Å². The molecule has 2 aromatic rings. The lowest BCUT2D eigenvalue weighted by Crippen LogP contribution is -2.30. The average molecular weight is 244 g/mol. The quantitative estimate of drug-likeness (QED) is 0.830. The predicted molar refractivity (Wildman–Crippen MR) is 69.4 cm³/mol. The van der Waals surface area contributed by atoms with Crippen molar-refractivity contribution in [2.24, 2.45) is 0 Å². The van der Waals surface area contributed by atoms with E-state index >= 15 is 0 Å². The van der Waals surface area contributed by atoms with Crippen molar-refractivity contribution in [2.45, 2.75) is 20.3 Å². The summed E-state index contributed by atoms with van der Waals surface area (Å²) < 4.78 is 5.27. The number of hydrogen-bond acceptors (Lipinski definition) is 3. The number of aryl methyl sites for hydroxylation is 1. The molecular weight excluding hydrogens is 228 g/mol. The van der Waals surface area contributed by atoms with Crippen LogP contribution in [0.2, 0.25) is 0 Å². The van der Waals surface area contributed by atoms with Crippen LogP contribution in [0.4, 0.5) is 6.01 Å². The molecule has 1 amide bonds. The van der Waals surface area contributed by atoms with E-state index in [2.05, 4.69) is 4.98 Å². The number of anilines is 1. The zero-order chi connectivity index (χ0) is 13.0. The summed E-state index contributed by atoms with van der Waals surface area (Å²) in [5.41, 5.74) is 1.96. The third-order valence-electron chi connectivity index (χ3n) is 2.68. The lowest BCUT2D eigenvalue weighted by atomic mass is 10.1. The van der Waals surface area contributed by atoms with Crippen LogP contribution in [0.5, 0.6) is 0 Å². The van der Waals surface area contributed by atoms with Crippen molar-refractivity contribution < 1.29 is 9.21 Å². The van der Waals surface area contributed by atoms with Crippen molar-refractivity contribution in [1.82, 2.24) is 4.98 Å². The molecule has 18 heavy (non-hydrogen) atoms. The smallest absolute Gasteiger partial charge is 0.304 e. The molecular formula is C14H16N2O2. The van der Waals surface area contributed by atoms with Crippen molar-refractivity contribution in [1.29, 1.82) is 0 Å². The number of hydrogen-bond donors (Lipinski definition) is 0. The fraction of sp³-hybridized carbons (Fsp3) is 0.286. The molecule has 0 N–H and O–H groups in total. The summed E-state index contributed by atoms with van der Waals surface area (Å²) in [5, 5.41) is 0. The SMILES string of the molecule is CC(=O)N(CCc1ccccc1)c1nc(C)co1. The van der Waals surface area contributed by atoms with Crippen molar-refractivity contribution in [3.8, 4) is 0 Å². The van der Waals surface area contributed by atoms with Crippen LogP contribution in [0, 0.1) is 6.92 Å². The Morgan fingerprint density at radius 2 is 2.06 bits per heavy atom. The van der Waals surface area contributed by atoms with Crippen molar-refractivity contribution >= 4 is 11.9 Å². The third kappa shape index (κ3) is 2.97. The number of aromatic nitrogens is 1. The number of benzene rings is 1. The number of rotatable bonds is 4. The summed E-state index contributed by atoms with van der Waals surface area (Å²) in [7, 11) is 0. The number of oxazole rings is 1. The second kappa shape index (κ2) is 5.49. The van der Waals surface area contributed by atoms with Gasteiger partial charge in [0.25, 0.3) is 0 Å². The molecule has 1 heterocycles. The van der Waals surface area contributed by atoms with Crippen LogP contribution in [0.25, 0.3) is 0 Å². The molecule has 0 bridgehead atoms. The van der Waals surface area contributed by atoms with Gasteiger partial charge in [0.2, 0.25) is 5.91 Å². The van der Waals surface area contributed by atoms with Crippen molar-refractivity contribution in [2.75, 3.05) is 11.4 Å². The maximum Gasteiger partial charge on any atom is 0.304 e. The van der Waals surface area contributed by atoms with E-state index in [1.807, 2.05) is 37.3 Å². The van der Waals surface area contributed by atoms with Crippen LogP contribution in [0.1, 0.15) is 18.2 Å². The maximum absolute atomic E-state index is 11.6. The molecule has 0 fully saturated rings. The third-order valence-corrected chi connectivity index (χ3v) is 2.68. The van der Waals surface area contributed by atoms with Gasteiger partial charge in [-0.2, -0.15) is 4.98 Å². The first-order chi connectivity index (χ1) is 8.66. The number of carbonyl (C=O) groups excluding carboxylic acids is 1. The summed E-state index contributed by atoms with van der Waals surface area (Å²) in [6.45, 7) is 3.92. The molecule has 0 saturated carbocycles. The van der Waals surface area contributed by atoms with Gasteiger partial charge < -0.3 is 4.42 Å². The Morgan fingerprint density at radius 3 is 2.61 bits per heavy atom. The molecule has 0 saturated heterocycles.